The number of ether oxygens (including phenoxy) is 1. The van der Waals surface area contributed by atoms with Crippen LogP contribution in [0.3, 0.4) is 0 Å². The molecule has 26 heavy (non-hydrogen) atoms. The Bertz CT molecular complexity index is 614. The third-order valence-corrected chi connectivity index (χ3v) is 3.74. The van der Waals surface area contributed by atoms with Crippen LogP contribution in [-0.2, 0) is 9.53 Å². The summed E-state index contributed by atoms with van der Waals surface area (Å²) in [5.74, 6) is -0.722. The minimum absolute atomic E-state index is 0.141. The quantitative estimate of drug-likeness (QED) is 0.634. The van der Waals surface area contributed by atoms with E-state index in [0.29, 0.717) is 18.8 Å². The number of piperazine rings is 1. The second kappa shape index (κ2) is 8.84. The number of nitrogens with zero attached hydrogens (tertiary/aromatic N) is 2. The first-order chi connectivity index (χ1) is 12.2. The van der Waals surface area contributed by atoms with Crippen molar-refractivity contribution < 1.29 is 31.9 Å². The Morgan fingerprint density at radius 1 is 1.04 bits per heavy atom. The summed E-state index contributed by atoms with van der Waals surface area (Å²) in [5.41, 5.74) is 0.455. The number of benzene rings is 1. The molecule has 0 aliphatic carbocycles. The van der Waals surface area contributed by atoms with Gasteiger partial charge in [-0.05, 0) is 24.3 Å². The van der Waals surface area contributed by atoms with Crippen molar-refractivity contribution in [1.29, 1.82) is 0 Å². The Kier molecular flexibility index (Phi) is 6.78. The molecule has 1 N–H and O–H groups in total. The monoisotopic (exact) mass is 377 g/mol. The average Bonchev–Trinajstić information content (AvgIpc) is 2.60. The van der Waals surface area contributed by atoms with E-state index < -0.39 is 18.6 Å². The van der Waals surface area contributed by atoms with E-state index in [9.17, 15) is 27.2 Å². The minimum atomic E-state index is -4.41. The van der Waals surface area contributed by atoms with E-state index >= 15 is 0 Å². The van der Waals surface area contributed by atoms with E-state index in [-0.39, 0.29) is 38.1 Å². The van der Waals surface area contributed by atoms with Crippen LogP contribution >= 0.6 is 0 Å². The molecule has 0 radical (unpaired) electrons. The zero-order valence-corrected chi connectivity index (χ0v) is 13.9. The molecular weight excluding hydrogens is 358 g/mol. The van der Waals surface area contributed by atoms with Crippen LogP contribution in [0.2, 0.25) is 0 Å². The zero-order chi connectivity index (χ0) is 19.2. The topological polar surface area (TPSA) is 61.9 Å². The molecule has 2 rings (SSSR count). The molecule has 1 aliphatic rings. The fourth-order valence-corrected chi connectivity index (χ4v) is 2.40. The predicted octanol–water partition coefficient (Wildman–Crippen LogP) is 2.47. The van der Waals surface area contributed by atoms with Crippen molar-refractivity contribution in [3.05, 3.63) is 30.1 Å². The first-order valence-corrected chi connectivity index (χ1v) is 7.98. The van der Waals surface area contributed by atoms with Gasteiger partial charge in [0, 0.05) is 31.9 Å². The Hall–Kier alpha value is -2.36. The van der Waals surface area contributed by atoms with Crippen molar-refractivity contribution in [2.24, 2.45) is 0 Å². The summed E-state index contributed by atoms with van der Waals surface area (Å²) in [6.45, 7) is -0.518. The van der Waals surface area contributed by atoms with E-state index in [1.165, 1.54) is 34.1 Å². The van der Waals surface area contributed by atoms with Crippen LogP contribution < -0.4 is 5.32 Å². The first kappa shape index (κ1) is 20.0. The third-order valence-electron chi connectivity index (χ3n) is 3.74. The second-order valence-electron chi connectivity index (χ2n) is 5.72. The van der Waals surface area contributed by atoms with Crippen molar-refractivity contribution in [1.82, 2.24) is 9.80 Å². The van der Waals surface area contributed by atoms with Crippen molar-refractivity contribution >= 4 is 17.6 Å². The summed E-state index contributed by atoms with van der Waals surface area (Å²) < 4.78 is 53.1. The molecule has 1 aromatic rings. The molecule has 3 amide bonds. The van der Waals surface area contributed by atoms with Gasteiger partial charge in [0.2, 0.25) is 5.91 Å². The van der Waals surface area contributed by atoms with Gasteiger partial charge in [-0.25, -0.2) is 9.18 Å². The van der Waals surface area contributed by atoms with Gasteiger partial charge in [0.05, 0.1) is 13.0 Å². The molecule has 0 aromatic heterocycles. The summed E-state index contributed by atoms with van der Waals surface area (Å²) in [6, 6.07) is 4.97. The van der Waals surface area contributed by atoms with Crippen LogP contribution in [0.1, 0.15) is 6.42 Å². The Morgan fingerprint density at radius 2 is 1.62 bits per heavy atom. The maximum absolute atomic E-state index is 12.8. The minimum Gasteiger partial charge on any atom is -0.372 e. The molecule has 10 heteroatoms. The highest BCUT2D eigenvalue weighted by molar-refractivity contribution is 5.89. The van der Waals surface area contributed by atoms with Crippen LogP contribution in [-0.4, -0.2) is 67.3 Å². The molecule has 0 spiro atoms. The van der Waals surface area contributed by atoms with Gasteiger partial charge in [-0.1, -0.05) is 0 Å². The number of amides is 3. The molecule has 1 saturated heterocycles. The number of carbonyl (C=O) groups excluding carboxylic acids is 2. The normalized spacial score (nSPS) is 15.1. The highest BCUT2D eigenvalue weighted by Crippen LogP contribution is 2.15. The standard InChI is InChI=1S/C16H19F4N3O3/c17-12-1-3-13(4-2-12)21-15(25)23-8-6-22(7-9-23)14(24)5-10-26-11-16(18,19)20/h1-4H,5-11H2,(H,21,25). The number of urea groups is 1. The molecule has 1 aliphatic heterocycles. The highest BCUT2D eigenvalue weighted by Gasteiger charge is 2.28. The maximum Gasteiger partial charge on any atom is 0.411 e. The first-order valence-electron chi connectivity index (χ1n) is 7.98. The lowest BCUT2D eigenvalue weighted by atomic mass is 10.3. The van der Waals surface area contributed by atoms with Gasteiger partial charge in [-0.2, -0.15) is 13.2 Å². The molecule has 1 fully saturated rings. The van der Waals surface area contributed by atoms with Crippen LogP contribution in [0, 0.1) is 5.82 Å². The largest absolute Gasteiger partial charge is 0.411 e. The second-order valence-corrected chi connectivity index (χ2v) is 5.72. The lowest BCUT2D eigenvalue weighted by Crippen LogP contribution is -2.51. The summed E-state index contributed by atoms with van der Waals surface area (Å²) in [7, 11) is 0. The number of anilines is 1. The molecule has 0 saturated carbocycles. The van der Waals surface area contributed by atoms with Gasteiger partial charge in [0.1, 0.15) is 12.4 Å². The number of rotatable bonds is 5. The molecule has 0 atom stereocenters. The molecule has 1 heterocycles. The van der Waals surface area contributed by atoms with Gasteiger partial charge < -0.3 is 19.9 Å². The van der Waals surface area contributed by atoms with Crippen molar-refractivity contribution in [3.63, 3.8) is 0 Å². The number of hydrogen-bond acceptors (Lipinski definition) is 3. The Morgan fingerprint density at radius 3 is 2.19 bits per heavy atom. The van der Waals surface area contributed by atoms with Crippen LogP contribution in [0.5, 0.6) is 0 Å². The highest BCUT2D eigenvalue weighted by atomic mass is 19.4. The van der Waals surface area contributed by atoms with Crippen molar-refractivity contribution in [2.45, 2.75) is 12.6 Å². The Balaban J connectivity index is 1.70. The molecule has 144 valence electrons. The van der Waals surface area contributed by atoms with Gasteiger partial charge in [-0.3, -0.25) is 4.79 Å². The van der Waals surface area contributed by atoms with Gasteiger partial charge in [0.15, 0.2) is 0 Å². The number of halogens is 4. The number of nitrogens with one attached hydrogen (secondary N) is 1. The van der Waals surface area contributed by atoms with E-state index in [2.05, 4.69) is 10.1 Å². The summed E-state index contributed by atoms with van der Waals surface area (Å²) >= 11 is 0. The van der Waals surface area contributed by atoms with Crippen LogP contribution in [0.25, 0.3) is 0 Å². The van der Waals surface area contributed by atoms with E-state index in [4.69, 9.17) is 0 Å². The number of alkyl halides is 3. The molecule has 6 nitrogen and oxygen atoms in total. The van der Waals surface area contributed by atoms with Gasteiger partial charge >= 0.3 is 12.2 Å². The fourth-order valence-electron chi connectivity index (χ4n) is 2.40. The summed E-state index contributed by atoms with van der Waals surface area (Å²) in [6.07, 6.45) is -4.55. The molecule has 0 unspecified atom stereocenters. The average molecular weight is 377 g/mol. The van der Waals surface area contributed by atoms with Crippen molar-refractivity contribution in [2.75, 3.05) is 44.7 Å². The molecular formula is C16H19F4N3O3. The number of hydrogen-bond donors (Lipinski definition) is 1. The number of carbonyl (C=O) groups is 2. The zero-order valence-electron chi connectivity index (χ0n) is 13.9. The SMILES string of the molecule is O=C(CCOCC(F)(F)F)N1CCN(C(=O)Nc2ccc(F)cc2)CC1. The Labute approximate surface area is 147 Å². The molecule has 0 bridgehead atoms. The van der Waals surface area contributed by atoms with Gasteiger partial charge in [-0.15, -0.1) is 0 Å². The van der Waals surface area contributed by atoms with Crippen molar-refractivity contribution in [3.8, 4) is 0 Å². The smallest absolute Gasteiger partial charge is 0.372 e. The lowest BCUT2D eigenvalue weighted by molar-refractivity contribution is -0.175. The van der Waals surface area contributed by atoms with E-state index in [1.54, 1.807) is 0 Å². The van der Waals surface area contributed by atoms with E-state index in [1.807, 2.05) is 0 Å². The molecule has 1 aromatic carbocycles. The summed E-state index contributed by atoms with van der Waals surface area (Å²) in [4.78, 5) is 27.0. The van der Waals surface area contributed by atoms with Gasteiger partial charge in [0.25, 0.3) is 0 Å². The summed E-state index contributed by atoms with van der Waals surface area (Å²) in [5, 5.41) is 2.63. The fraction of sp³-hybridized carbons (Fsp3) is 0.500. The van der Waals surface area contributed by atoms with Crippen LogP contribution in [0.4, 0.5) is 28.0 Å². The lowest BCUT2D eigenvalue weighted by Gasteiger charge is -2.34. The predicted molar refractivity (Wildman–Crippen MR) is 85.1 cm³/mol. The maximum atomic E-state index is 12.8. The van der Waals surface area contributed by atoms with E-state index in [0.717, 1.165) is 0 Å². The van der Waals surface area contributed by atoms with Crippen LogP contribution in [0.15, 0.2) is 24.3 Å². The third kappa shape index (κ3) is 6.51.